The first-order valence-corrected chi connectivity index (χ1v) is 10.2. The predicted octanol–water partition coefficient (Wildman–Crippen LogP) is 1.73. The average molecular weight is 474 g/mol. The fourth-order valence-corrected chi connectivity index (χ4v) is 3.30. The van der Waals surface area contributed by atoms with Crippen LogP contribution in [0.2, 0.25) is 5.02 Å². The molecular weight excluding hydrogens is 454 g/mol. The maximum atomic E-state index is 12.3. The fraction of sp³-hybridized carbons (Fsp3) is 0.227. The van der Waals surface area contributed by atoms with Crippen molar-refractivity contribution in [2.45, 2.75) is 12.8 Å². The highest BCUT2D eigenvalue weighted by molar-refractivity contribution is 6.31. The number of carbonyl (C=O) groups excluding carboxylic acids is 5. The summed E-state index contributed by atoms with van der Waals surface area (Å²) in [6.45, 7) is -0.579. The van der Waals surface area contributed by atoms with Gasteiger partial charge >= 0.3 is 5.97 Å². The molecule has 1 aliphatic heterocycles. The summed E-state index contributed by atoms with van der Waals surface area (Å²) in [6.07, 6.45) is 0.0734. The van der Waals surface area contributed by atoms with Crippen LogP contribution in [0.25, 0.3) is 0 Å². The van der Waals surface area contributed by atoms with Crippen LogP contribution in [-0.2, 0) is 14.3 Å². The molecule has 172 valence electrons. The molecule has 0 bridgehead atoms. The number of fused-ring (bicyclic) bond motifs is 1. The van der Waals surface area contributed by atoms with E-state index in [1.807, 2.05) is 0 Å². The van der Waals surface area contributed by atoms with Crippen molar-refractivity contribution in [3.63, 3.8) is 0 Å². The topological polar surface area (TPSA) is 131 Å². The Morgan fingerprint density at radius 2 is 1.67 bits per heavy atom. The smallest absolute Gasteiger partial charge is 0.306 e. The summed E-state index contributed by atoms with van der Waals surface area (Å²) in [6, 6.07) is 10.9. The van der Waals surface area contributed by atoms with Gasteiger partial charge in [-0.3, -0.25) is 39.7 Å². The van der Waals surface area contributed by atoms with Crippen LogP contribution in [0.3, 0.4) is 0 Å². The van der Waals surface area contributed by atoms with Crippen LogP contribution >= 0.6 is 11.6 Å². The van der Waals surface area contributed by atoms with Crippen molar-refractivity contribution in [3.8, 4) is 5.75 Å². The van der Waals surface area contributed by atoms with Crippen LogP contribution in [-0.4, -0.2) is 54.8 Å². The minimum Gasteiger partial charge on any atom is -0.496 e. The molecule has 1 heterocycles. The second kappa shape index (κ2) is 10.6. The molecule has 0 fully saturated rings. The first-order valence-electron chi connectivity index (χ1n) is 9.85. The number of nitrogens with one attached hydrogen (secondary N) is 2. The van der Waals surface area contributed by atoms with Crippen LogP contribution in [0.5, 0.6) is 5.75 Å². The molecule has 0 aromatic heterocycles. The molecule has 0 saturated carbocycles. The van der Waals surface area contributed by atoms with Crippen LogP contribution in [0.4, 0.5) is 0 Å². The van der Waals surface area contributed by atoms with Crippen LogP contribution in [0.1, 0.15) is 43.9 Å². The molecule has 0 radical (unpaired) electrons. The molecule has 0 aliphatic carbocycles. The van der Waals surface area contributed by atoms with Gasteiger partial charge in [0.2, 0.25) is 0 Å². The average Bonchev–Trinajstić information content (AvgIpc) is 3.06. The van der Waals surface area contributed by atoms with Crippen molar-refractivity contribution >= 4 is 41.2 Å². The van der Waals surface area contributed by atoms with Gasteiger partial charge in [0.15, 0.2) is 6.61 Å². The third-order valence-electron chi connectivity index (χ3n) is 4.73. The summed E-state index contributed by atoms with van der Waals surface area (Å²) in [5.41, 5.74) is 5.06. The Morgan fingerprint density at radius 3 is 2.30 bits per heavy atom. The maximum Gasteiger partial charge on any atom is 0.306 e. The van der Waals surface area contributed by atoms with Crippen molar-refractivity contribution in [2.24, 2.45) is 0 Å². The molecule has 33 heavy (non-hydrogen) atoms. The van der Waals surface area contributed by atoms with Crippen molar-refractivity contribution in [2.75, 3.05) is 20.3 Å². The fourth-order valence-electron chi connectivity index (χ4n) is 3.13. The Morgan fingerprint density at radius 1 is 1.00 bits per heavy atom. The van der Waals surface area contributed by atoms with E-state index in [0.29, 0.717) is 16.1 Å². The van der Waals surface area contributed by atoms with E-state index in [9.17, 15) is 24.0 Å². The lowest BCUT2D eigenvalue weighted by Crippen LogP contribution is -2.43. The van der Waals surface area contributed by atoms with Gasteiger partial charge in [-0.05, 0) is 36.8 Å². The van der Waals surface area contributed by atoms with Crippen molar-refractivity contribution < 1.29 is 33.4 Å². The molecule has 0 saturated heterocycles. The van der Waals surface area contributed by atoms with Gasteiger partial charge in [-0.15, -0.1) is 0 Å². The van der Waals surface area contributed by atoms with E-state index in [1.165, 1.54) is 19.2 Å². The highest BCUT2D eigenvalue weighted by Crippen LogP contribution is 2.23. The van der Waals surface area contributed by atoms with Crippen LogP contribution < -0.4 is 15.6 Å². The molecule has 2 aromatic carbocycles. The maximum absolute atomic E-state index is 12.3. The number of ether oxygens (including phenoxy) is 2. The SMILES string of the molecule is COc1ccc(Cl)cc1C(=O)NNC(=O)COC(=O)CCCN1C(=O)c2ccccc2C1=O. The number of rotatable bonds is 8. The third kappa shape index (κ3) is 5.66. The van der Waals surface area contributed by atoms with Crippen molar-refractivity contribution in [3.05, 3.63) is 64.2 Å². The van der Waals surface area contributed by atoms with Gasteiger partial charge in [-0.1, -0.05) is 23.7 Å². The number of hydrazine groups is 1. The van der Waals surface area contributed by atoms with Gasteiger partial charge in [-0.2, -0.15) is 0 Å². The highest BCUT2D eigenvalue weighted by atomic mass is 35.5. The Kier molecular flexibility index (Phi) is 7.62. The number of nitrogens with zero attached hydrogens (tertiary/aromatic N) is 1. The Hall–Kier alpha value is -3.92. The number of methoxy groups -OCH3 is 1. The lowest BCUT2D eigenvalue weighted by atomic mass is 10.1. The minimum atomic E-state index is -0.766. The van der Waals surface area contributed by atoms with E-state index in [1.54, 1.807) is 30.3 Å². The van der Waals surface area contributed by atoms with Gasteiger partial charge in [0.05, 0.1) is 23.8 Å². The second-order valence-electron chi connectivity index (χ2n) is 6.92. The number of carbonyl (C=O) groups is 5. The lowest BCUT2D eigenvalue weighted by molar-refractivity contribution is -0.148. The van der Waals surface area contributed by atoms with E-state index < -0.39 is 36.2 Å². The zero-order chi connectivity index (χ0) is 24.0. The number of hydrogen-bond donors (Lipinski definition) is 2. The zero-order valence-electron chi connectivity index (χ0n) is 17.6. The van der Waals surface area contributed by atoms with Crippen molar-refractivity contribution in [1.82, 2.24) is 15.8 Å². The molecule has 2 N–H and O–H groups in total. The Labute approximate surface area is 193 Å². The molecule has 10 nitrogen and oxygen atoms in total. The molecule has 2 aromatic rings. The molecule has 11 heteroatoms. The summed E-state index contributed by atoms with van der Waals surface area (Å²) in [5.74, 6) is -2.68. The minimum absolute atomic E-state index is 0.0468. The monoisotopic (exact) mass is 473 g/mol. The summed E-state index contributed by atoms with van der Waals surface area (Å²) >= 11 is 5.87. The number of amides is 4. The number of benzene rings is 2. The van der Waals surface area contributed by atoms with Gasteiger partial charge in [0.25, 0.3) is 23.6 Å². The van der Waals surface area contributed by atoms with Crippen LogP contribution in [0.15, 0.2) is 42.5 Å². The first kappa shape index (κ1) is 23.7. The van der Waals surface area contributed by atoms with Crippen LogP contribution in [0, 0.1) is 0 Å². The first-order chi connectivity index (χ1) is 15.8. The molecular formula is C22H20ClN3O7. The van der Waals surface area contributed by atoms with E-state index in [4.69, 9.17) is 21.1 Å². The number of esters is 1. The molecule has 4 amide bonds. The second-order valence-corrected chi connectivity index (χ2v) is 7.36. The van der Waals surface area contributed by atoms with E-state index in [2.05, 4.69) is 10.9 Å². The standard InChI is InChI=1S/C22H20ClN3O7/c1-32-17-9-8-13(23)11-16(17)20(29)25-24-18(27)12-33-19(28)7-4-10-26-21(30)14-5-2-3-6-15(14)22(26)31/h2-3,5-6,8-9,11H,4,7,10,12H2,1H3,(H,24,27)(H,25,29). The molecule has 0 atom stereocenters. The van der Waals surface area contributed by atoms with E-state index in [0.717, 1.165) is 4.90 Å². The molecule has 3 rings (SSSR count). The third-order valence-corrected chi connectivity index (χ3v) is 4.96. The quantitative estimate of drug-likeness (QED) is 0.339. The summed E-state index contributed by atoms with van der Waals surface area (Å²) in [7, 11) is 1.38. The van der Waals surface area contributed by atoms with Gasteiger partial charge < -0.3 is 9.47 Å². The highest BCUT2D eigenvalue weighted by Gasteiger charge is 2.34. The predicted molar refractivity (Wildman–Crippen MR) is 116 cm³/mol. The largest absolute Gasteiger partial charge is 0.496 e. The summed E-state index contributed by atoms with van der Waals surface area (Å²) in [4.78, 5) is 61.5. The molecule has 0 spiro atoms. The Bertz CT molecular complexity index is 1080. The van der Waals surface area contributed by atoms with E-state index >= 15 is 0 Å². The summed E-state index contributed by atoms with van der Waals surface area (Å²) < 4.78 is 9.92. The van der Waals surface area contributed by atoms with Crippen molar-refractivity contribution in [1.29, 1.82) is 0 Å². The van der Waals surface area contributed by atoms with Gasteiger partial charge in [-0.25, -0.2) is 0 Å². The number of hydrogen-bond acceptors (Lipinski definition) is 7. The van der Waals surface area contributed by atoms with E-state index in [-0.39, 0.29) is 30.7 Å². The normalized spacial score (nSPS) is 12.2. The van der Waals surface area contributed by atoms with Gasteiger partial charge in [0.1, 0.15) is 5.75 Å². The molecule has 0 unspecified atom stereocenters. The zero-order valence-corrected chi connectivity index (χ0v) is 18.3. The molecule has 1 aliphatic rings. The Balaban J connectivity index is 1.38. The summed E-state index contributed by atoms with van der Waals surface area (Å²) in [5, 5.41) is 0.308. The van der Waals surface area contributed by atoms with Gasteiger partial charge in [0, 0.05) is 18.0 Å². The number of halogens is 1. The lowest BCUT2D eigenvalue weighted by Gasteiger charge is -2.13. The number of imide groups is 1.